The number of hydrogen-bond acceptors (Lipinski definition) is 3. The standard InChI is InChI=1S/C42H62O3/c1-3-23-35-25-21-31-41(39(35)29-19-15-11-7-5-9-13-17-27-37-33-43-37)45-42-32-22-26-36(24-4-2)40(42)30-20-16-12-8-6-10-14-18-28-38-34-44-38/h3-4,21-22,25-26,31-32,37-38H,1-2,5-20,23-24,27-30,33-34H2. The van der Waals surface area contributed by atoms with Gasteiger partial charge < -0.3 is 14.2 Å². The third-order valence-electron chi connectivity index (χ3n) is 9.62. The van der Waals surface area contributed by atoms with Crippen molar-refractivity contribution in [3.63, 3.8) is 0 Å². The van der Waals surface area contributed by atoms with Crippen LogP contribution in [0.3, 0.4) is 0 Å². The number of unbranched alkanes of at least 4 members (excludes halogenated alkanes) is 14. The van der Waals surface area contributed by atoms with Crippen molar-refractivity contribution in [3.05, 3.63) is 84.0 Å². The Labute approximate surface area is 275 Å². The second-order valence-electron chi connectivity index (χ2n) is 13.5. The van der Waals surface area contributed by atoms with Gasteiger partial charge in [-0.1, -0.05) is 126 Å². The van der Waals surface area contributed by atoms with E-state index < -0.39 is 0 Å². The largest absolute Gasteiger partial charge is 0.457 e. The molecule has 0 amide bonds. The summed E-state index contributed by atoms with van der Waals surface area (Å²) in [7, 11) is 0. The fourth-order valence-corrected chi connectivity index (χ4v) is 6.73. The molecule has 2 aromatic carbocycles. The van der Waals surface area contributed by atoms with Gasteiger partial charge in [0.1, 0.15) is 11.5 Å². The van der Waals surface area contributed by atoms with Crippen molar-refractivity contribution in [3.8, 4) is 11.5 Å². The Hall–Kier alpha value is -2.36. The van der Waals surface area contributed by atoms with E-state index in [2.05, 4.69) is 49.6 Å². The maximum Gasteiger partial charge on any atom is 0.130 e. The molecule has 0 bridgehead atoms. The van der Waals surface area contributed by atoms with Crippen molar-refractivity contribution in [2.45, 2.75) is 153 Å². The molecule has 2 aromatic rings. The molecule has 0 radical (unpaired) electrons. The van der Waals surface area contributed by atoms with Gasteiger partial charge >= 0.3 is 0 Å². The molecule has 3 nitrogen and oxygen atoms in total. The van der Waals surface area contributed by atoms with Gasteiger partial charge in [0.25, 0.3) is 0 Å². The minimum absolute atomic E-state index is 0.595. The van der Waals surface area contributed by atoms with E-state index in [1.165, 1.54) is 138 Å². The summed E-state index contributed by atoms with van der Waals surface area (Å²) in [6, 6.07) is 13.2. The lowest BCUT2D eigenvalue weighted by molar-refractivity contribution is 0.387. The van der Waals surface area contributed by atoms with E-state index in [-0.39, 0.29) is 0 Å². The van der Waals surface area contributed by atoms with E-state index in [4.69, 9.17) is 14.2 Å². The van der Waals surface area contributed by atoms with Crippen molar-refractivity contribution in [2.75, 3.05) is 13.2 Å². The van der Waals surface area contributed by atoms with Crippen LogP contribution < -0.4 is 4.74 Å². The zero-order chi connectivity index (χ0) is 31.4. The number of hydrogen-bond donors (Lipinski definition) is 0. The molecule has 3 heteroatoms. The Bertz CT molecular complexity index is 1030. The van der Waals surface area contributed by atoms with Gasteiger partial charge in [-0.05, 0) is 85.8 Å². The molecule has 0 aromatic heterocycles. The fourth-order valence-electron chi connectivity index (χ4n) is 6.73. The maximum atomic E-state index is 6.84. The van der Waals surface area contributed by atoms with Crippen LogP contribution in [-0.2, 0) is 35.2 Å². The molecule has 2 saturated heterocycles. The molecule has 45 heavy (non-hydrogen) atoms. The van der Waals surface area contributed by atoms with Gasteiger partial charge in [0.15, 0.2) is 0 Å². The average molecular weight is 615 g/mol. The van der Waals surface area contributed by atoms with Crippen molar-refractivity contribution >= 4 is 0 Å². The minimum atomic E-state index is 0.595. The van der Waals surface area contributed by atoms with Crippen LogP contribution in [0.1, 0.15) is 138 Å². The van der Waals surface area contributed by atoms with Crippen molar-refractivity contribution in [1.82, 2.24) is 0 Å². The average Bonchev–Trinajstić information content (AvgIpc) is 3.98. The van der Waals surface area contributed by atoms with E-state index >= 15 is 0 Å². The number of allylic oxidation sites excluding steroid dienone is 2. The predicted octanol–water partition coefficient (Wildman–Crippen LogP) is 11.8. The van der Waals surface area contributed by atoms with Crippen molar-refractivity contribution in [1.29, 1.82) is 0 Å². The van der Waals surface area contributed by atoms with Crippen LogP contribution in [0, 0.1) is 0 Å². The summed E-state index contributed by atoms with van der Waals surface area (Å²) in [6.45, 7) is 10.1. The summed E-state index contributed by atoms with van der Waals surface area (Å²) in [5, 5.41) is 0. The molecule has 2 aliphatic rings. The molecule has 2 atom stereocenters. The lowest BCUT2D eigenvalue weighted by Crippen LogP contribution is -2.02. The number of benzene rings is 2. The molecule has 0 saturated carbocycles. The molecule has 0 N–H and O–H groups in total. The van der Waals surface area contributed by atoms with Gasteiger partial charge in [0.2, 0.25) is 0 Å². The first-order valence-corrected chi connectivity index (χ1v) is 18.6. The first kappa shape index (κ1) is 35.5. The van der Waals surface area contributed by atoms with Gasteiger partial charge in [-0.25, -0.2) is 0 Å². The third-order valence-corrected chi connectivity index (χ3v) is 9.62. The highest BCUT2D eigenvalue weighted by Crippen LogP contribution is 2.34. The van der Waals surface area contributed by atoms with Crippen molar-refractivity contribution in [2.24, 2.45) is 0 Å². The van der Waals surface area contributed by atoms with Gasteiger partial charge in [0, 0.05) is 0 Å². The number of ether oxygens (including phenoxy) is 3. The Morgan fingerprint density at radius 1 is 0.533 bits per heavy atom. The number of epoxide rings is 2. The van der Waals surface area contributed by atoms with E-state index in [0.717, 1.165) is 50.4 Å². The van der Waals surface area contributed by atoms with E-state index in [0.29, 0.717) is 12.2 Å². The smallest absolute Gasteiger partial charge is 0.130 e. The SMILES string of the molecule is C=CCc1cccc(Oc2cccc(CC=C)c2CCCCCCCCCCC2CO2)c1CCCCCCCCCCC1CO1. The Morgan fingerprint density at radius 2 is 0.889 bits per heavy atom. The molecule has 2 unspecified atom stereocenters. The first-order valence-electron chi connectivity index (χ1n) is 18.6. The Morgan fingerprint density at radius 3 is 1.24 bits per heavy atom. The summed E-state index contributed by atoms with van der Waals surface area (Å²) in [4.78, 5) is 0. The predicted molar refractivity (Wildman–Crippen MR) is 191 cm³/mol. The normalized spacial score (nSPS) is 16.9. The van der Waals surface area contributed by atoms with E-state index in [1.54, 1.807) is 0 Å². The lowest BCUT2D eigenvalue weighted by atomic mass is 9.96. The lowest BCUT2D eigenvalue weighted by Gasteiger charge is -2.19. The fraction of sp³-hybridized carbons (Fsp3) is 0.619. The molecule has 248 valence electrons. The number of rotatable bonds is 28. The molecule has 0 aliphatic carbocycles. The highest BCUT2D eigenvalue weighted by atomic mass is 16.6. The van der Waals surface area contributed by atoms with Crippen LogP contribution in [0.2, 0.25) is 0 Å². The van der Waals surface area contributed by atoms with E-state index in [9.17, 15) is 0 Å². The Balaban J connectivity index is 1.24. The Kier molecular flexibility index (Phi) is 16.9. The molecular formula is C42H62O3. The quantitative estimate of drug-likeness (QED) is 0.0543. The molecule has 2 aliphatic heterocycles. The highest BCUT2D eigenvalue weighted by Gasteiger charge is 2.21. The zero-order valence-corrected chi connectivity index (χ0v) is 28.4. The van der Waals surface area contributed by atoms with Crippen LogP contribution in [0.5, 0.6) is 11.5 Å². The summed E-state index contributed by atoms with van der Waals surface area (Å²) in [6.07, 6.45) is 32.9. The van der Waals surface area contributed by atoms with Crippen molar-refractivity contribution < 1.29 is 14.2 Å². The van der Waals surface area contributed by atoms with Gasteiger partial charge in [-0.3, -0.25) is 0 Å². The summed E-state index contributed by atoms with van der Waals surface area (Å²) in [5.74, 6) is 2.05. The molecule has 4 rings (SSSR count). The third kappa shape index (κ3) is 14.3. The van der Waals surface area contributed by atoms with Crippen LogP contribution in [0.25, 0.3) is 0 Å². The monoisotopic (exact) mass is 614 g/mol. The molecule has 0 spiro atoms. The second-order valence-corrected chi connectivity index (χ2v) is 13.5. The van der Waals surface area contributed by atoms with Gasteiger partial charge in [-0.15, -0.1) is 13.2 Å². The van der Waals surface area contributed by atoms with Crippen LogP contribution in [-0.4, -0.2) is 25.4 Å². The highest BCUT2D eigenvalue weighted by molar-refractivity contribution is 5.48. The second kappa shape index (κ2) is 21.4. The minimum Gasteiger partial charge on any atom is -0.457 e. The van der Waals surface area contributed by atoms with Gasteiger partial charge in [-0.2, -0.15) is 0 Å². The molecule has 2 fully saturated rings. The first-order chi connectivity index (χ1) is 22.3. The summed E-state index contributed by atoms with van der Waals surface area (Å²) in [5.41, 5.74) is 5.44. The summed E-state index contributed by atoms with van der Waals surface area (Å²) < 4.78 is 17.5. The van der Waals surface area contributed by atoms with Crippen LogP contribution in [0.15, 0.2) is 61.7 Å². The van der Waals surface area contributed by atoms with Crippen LogP contribution >= 0.6 is 0 Å². The maximum absolute atomic E-state index is 6.84. The van der Waals surface area contributed by atoms with Crippen LogP contribution in [0.4, 0.5) is 0 Å². The molecular weight excluding hydrogens is 552 g/mol. The molecule has 2 heterocycles. The zero-order valence-electron chi connectivity index (χ0n) is 28.4. The van der Waals surface area contributed by atoms with Gasteiger partial charge in [0.05, 0.1) is 25.4 Å². The summed E-state index contributed by atoms with van der Waals surface area (Å²) >= 11 is 0. The topological polar surface area (TPSA) is 34.3 Å². The van der Waals surface area contributed by atoms with E-state index in [1.807, 2.05) is 12.2 Å².